The van der Waals surface area contributed by atoms with Crippen molar-refractivity contribution < 1.29 is 29.0 Å². The van der Waals surface area contributed by atoms with Crippen LogP contribution in [0.15, 0.2) is 49.6 Å². The Morgan fingerprint density at radius 2 is 1.95 bits per heavy atom. The van der Waals surface area contributed by atoms with Crippen LogP contribution in [0.1, 0.15) is 46.5 Å². The van der Waals surface area contributed by atoms with E-state index in [4.69, 9.17) is 21.1 Å². The first-order valence-corrected chi connectivity index (χ1v) is 14.0. The number of anilines is 1. The first-order valence-electron chi connectivity index (χ1n) is 13.6. The highest BCUT2D eigenvalue weighted by Crippen LogP contribution is 2.64. The van der Waals surface area contributed by atoms with Crippen molar-refractivity contribution in [2.24, 2.45) is 17.8 Å². The van der Waals surface area contributed by atoms with Crippen molar-refractivity contribution in [3.05, 3.63) is 54.6 Å². The van der Waals surface area contributed by atoms with Crippen molar-refractivity contribution in [2.45, 2.75) is 69.7 Å². The number of fused-ring (bicyclic) bond motifs is 1. The molecule has 0 radical (unpaired) electrons. The first kappa shape index (κ1) is 29.3. The van der Waals surface area contributed by atoms with Crippen LogP contribution in [0.5, 0.6) is 0 Å². The fourth-order valence-electron chi connectivity index (χ4n) is 6.69. The maximum atomic E-state index is 14.5. The van der Waals surface area contributed by atoms with Crippen molar-refractivity contribution in [1.29, 1.82) is 0 Å². The summed E-state index contributed by atoms with van der Waals surface area (Å²) in [5.74, 6) is -3.08. The molecular weight excluding hydrogens is 520 g/mol. The van der Waals surface area contributed by atoms with Gasteiger partial charge in [-0.15, -0.1) is 13.2 Å². The van der Waals surface area contributed by atoms with E-state index in [1.807, 2.05) is 20.8 Å². The Labute approximate surface area is 235 Å². The summed E-state index contributed by atoms with van der Waals surface area (Å²) in [4.78, 5) is 45.3. The van der Waals surface area contributed by atoms with Gasteiger partial charge < -0.3 is 24.4 Å². The van der Waals surface area contributed by atoms with E-state index in [0.717, 1.165) is 0 Å². The number of amides is 2. The molecule has 2 bridgehead atoms. The highest BCUT2D eigenvalue weighted by molar-refractivity contribution is 6.30. The number of unbranched alkanes of at least 4 members (excludes halogenated alkanes) is 1. The average Bonchev–Trinajstić information content (AvgIpc) is 3.47. The summed E-state index contributed by atoms with van der Waals surface area (Å²) in [6, 6.07) is 5.20. The molecule has 1 N–H and O–H groups in total. The fraction of sp³-hybridized carbons (Fsp3) is 0.567. The number of likely N-dealkylation sites (tertiary alicyclic amines) is 1. The van der Waals surface area contributed by atoms with Crippen LogP contribution < -0.4 is 4.90 Å². The number of aliphatic hydroxyl groups is 1. The van der Waals surface area contributed by atoms with Crippen LogP contribution in [-0.2, 0) is 23.9 Å². The summed E-state index contributed by atoms with van der Waals surface area (Å²) in [5.41, 5.74) is -1.56. The molecule has 0 saturated carbocycles. The third-order valence-corrected chi connectivity index (χ3v) is 8.78. The third kappa shape index (κ3) is 4.92. The van der Waals surface area contributed by atoms with Gasteiger partial charge in [-0.2, -0.15) is 0 Å². The van der Waals surface area contributed by atoms with Crippen LogP contribution in [0.4, 0.5) is 5.69 Å². The molecule has 8 nitrogen and oxygen atoms in total. The molecule has 0 aromatic heterocycles. The lowest BCUT2D eigenvalue weighted by atomic mass is 9.66. The van der Waals surface area contributed by atoms with Crippen LogP contribution in [0.25, 0.3) is 0 Å². The standard InChI is InChI=1S/C30H39ClN2O6/c1-6-8-9-17-38-28(37)24-23-26(35)33(22(18-34)19(3)4)25(30(23)15-14-29(24,5)39-30)27(36)32(16-7-2)21-12-10-20(31)11-13-21/h6-7,10-13,19,22-25,34H,1-2,8-9,14-18H2,3-5H3/t22-,23-,24-,25?,29+,30?/m0/s1. The molecular formula is C30H39ClN2O6. The highest BCUT2D eigenvalue weighted by Gasteiger charge is 2.79. The van der Waals surface area contributed by atoms with Gasteiger partial charge in [-0.05, 0) is 62.8 Å². The summed E-state index contributed by atoms with van der Waals surface area (Å²) in [7, 11) is 0. The minimum Gasteiger partial charge on any atom is -0.465 e. The van der Waals surface area contributed by atoms with Gasteiger partial charge in [-0.1, -0.05) is 37.6 Å². The van der Waals surface area contributed by atoms with Gasteiger partial charge in [0, 0.05) is 17.3 Å². The van der Waals surface area contributed by atoms with Crippen molar-refractivity contribution in [3.8, 4) is 0 Å². The molecule has 9 heteroatoms. The average molecular weight is 559 g/mol. The molecule has 1 spiro atoms. The molecule has 3 saturated heterocycles. The zero-order valence-electron chi connectivity index (χ0n) is 23.0. The van der Waals surface area contributed by atoms with Gasteiger partial charge >= 0.3 is 5.97 Å². The number of hydrogen-bond donors (Lipinski definition) is 1. The zero-order chi connectivity index (χ0) is 28.5. The minimum absolute atomic E-state index is 0.148. The van der Waals surface area contributed by atoms with E-state index in [2.05, 4.69) is 13.2 Å². The van der Waals surface area contributed by atoms with Crippen LogP contribution in [0, 0.1) is 17.8 Å². The van der Waals surface area contributed by atoms with Crippen LogP contribution in [-0.4, -0.2) is 70.8 Å². The Morgan fingerprint density at radius 1 is 1.26 bits per heavy atom. The number of allylic oxidation sites excluding steroid dienone is 1. The first-order chi connectivity index (χ1) is 18.6. The lowest BCUT2D eigenvalue weighted by molar-refractivity contribution is -0.161. The van der Waals surface area contributed by atoms with Crippen molar-refractivity contribution in [1.82, 2.24) is 4.90 Å². The lowest BCUT2D eigenvalue weighted by Crippen LogP contribution is -2.60. The number of carbonyl (C=O) groups is 3. The van der Waals surface area contributed by atoms with E-state index in [0.29, 0.717) is 36.4 Å². The fourth-order valence-corrected chi connectivity index (χ4v) is 6.81. The SMILES string of the molecule is C=CCCCOC(=O)[C@@H]1[C@H]2C(=O)N([C@@H](CO)C(C)C)C(C(=O)N(CC=C)c3ccc(Cl)cc3)C23CC[C@@]1(C)O3. The second kappa shape index (κ2) is 11.4. The van der Waals surface area contributed by atoms with Gasteiger partial charge in [0.1, 0.15) is 17.6 Å². The Bertz CT molecular complexity index is 1120. The number of nitrogens with zero attached hydrogens (tertiary/aromatic N) is 2. The number of aliphatic hydroxyl groups excluding tert-OH is 1. The van der Waals surface area contributed by atoms with E-state index < -0.39 is 41.1 Å². The summed E-state index contributed by atoms with van der Waals surface area (Å²) < 4.78 is 12.3. The summed E-state index contributed by atoms with van der Waals surface area (Å²) >= 11 is 6.10. The van der Waals surface area contributed by atoms with E-state index >= 15 is 0 Å². The van der Waals surface area contributed by atoms with Crippen LogP contribution in [0.3, 0.4) is 0 Å². The Balaban J connectivity index is 1.79. The van der Waals surface area contributed by atoms with Crippen LogP contribution >= 0.6 is 11.6 Å². The topological polar surface area (TPSA) is 96.4 Å². The van der Waals surface area contributed by atoms with Crippen molar-refractivity contribution in [3.63, 3.8) is 0 Å². The summed E-state index contributed by atoms with van der Waals surface area (Å²) in [6.45, 7) is 13.2. The molecule has 0 aliphatic carbocycles. The normalized spacial score (nSPS) is 29.8. The summed E-state index contributed by atoms with van der Waals surface area (Å²) in [5, 5.41) is 10.9. The second-order valence-electron chi connectivity index (χ2n) is 11.3. The van der Waals surface area contributed by atoms with Gasteiger partial charge in [0.25, 0.3) is 5.91 Å². The van der Waals surface area contributed by atoms with E-state index in [1.54, 1.807) is 41.3 Å². The molecule has 1 aromatic rings. The third-order valence-electron chi connectivity index (χ3n) is 8.53. The van der Waals surface area contributed by atoms with Gasteiger partial charge in [0.2, 0.25) is 5.91 Å². The largest absolute Gasteiger partial charge is 0.465 e. The second-order valence-corrected chi connectivity index (χ2v) is 11.7. The van der Waals surface area contributed by atoms with Gasteiger partial charge in [-0.3, -0.25) is 14.4 Å². The Kier molecular flexibility index (Phi) is 8.59. The predicted octanol–water partition coefficient (Wildman–Crippen LogP) is 4.15. The molecule has 4 rings (SSSR count). The number of hydrogen-bond acceptors (Lipinski definition) is 6. The number of ether oxygens (including phenoxy) is 2. The van der Waals surface area contributed by atoms with Gasteiger partial charge in [-0.25, -0.2) is 0 Å². The molecule has 212 valence electrons. The number of rotatable bonds is 12. The van der Waals surface area contributed by atoms with Gasteiger partial charge in [0.15, 0.2) is 0 Å². The molecule has 2 amide bonds. The number of esters is 1. The molecule has 6 atom stereocenters. The van der Waals surface area contributed by atoms with Crippen molar-refractivity contribution >= 4 is 35.1 Å². The lowest BCUT2D eigenvalue weighted by Gasteiger charge is -2.40. The van der Waals surface area contributed by atoms with E-state index in [9.17, 15) is 19.5 Å². The molecule has 3 aliphatic heterocycles. The van der Waals surface area contributed by atoms with E-state index in [1.165, 1.54) is 4.90 Å². The minimum atomic E-state index is -1.22. The van der Waals surface area contributed by atoms with Gasteiger partial charge in [0.05, 0.1) is 30.8 Å². The summed E-state index contributed by atoms with van der Waals surface area (Å²) in [6.07, 6.45) is 5.66. The molecule has 39 heavy (non-hydrogen) atoms. The maximum absolute atomic E-state index is 14.5. The predicted molar refractivity (Wildman–Crippen MR) is 149 cm³/mol. The molecule has 1 aromatic carbocycles. The quantitative estimate of drug-likeness (QED) is 0.235. The number of carbonyl (C=O) groups excluding carboxylic acids is 3. The highest BCUT2D eigenvalue weighted by atomic mass is 35.5. The monoisotopic (exact) mass is 558 g/mol. The Morgan fingerprint density at radius 3 is 2.54 bits per heavy atom. The molecule has 3 aliphatic rings. The van der Waals surface area contributed by atoms with Crippen molar-refractivity contribution in [2.75, 3.05) is 24.7 Å². The Hall–Kier alpha value is -2.68. The zero-order valence-corrected chi connectivity index (χ0v) is 23.7. The molecule has 3 fully saturated rings. The smallest absolute Gasteiger partial charge is 0.312 e. The van der Waals surface area contributed by atoms with E-state index in [-0.39, 0.29) is 37.5 Å². The molecule has 2 unspecified atom stereocenters. The maximum Gasteiger partial charge on any atom is 0.312 e. The molecule has 3 heterocycles. The number of benzene rings is 1. The number of halogens is 1. The van der Waals surface area contributed by atoms with Crippen LogP contribution in [0.2, 0.25) is 5.02 Å².